The molecule has 2 aliphatic rings. The van der Waals surface area contributed by atoms with E-state index >= 15 is 0 Å². The Morgan fingerprint density at radius 2 is 1.88 bits per heavy atom. The molecule has 1 saturated carbocycles. The van der Waals surface area contributed by atoms with Crippen LogP contribution in [0, 0.1) is 0 Å². The van der Waals surface area contributed by atoms with Gasteiger partial charge >= 0.3 is 5.97 Å². The van der Waals surface area contributed by atoms with Gasteiger partial charge in [0.1, 0.15) is 6.61 Å². The fourth-order valence-corrected chi connectivity index (χ4v) is 3.00. The molecular formula is C18H23NO5. The lowest BCUT2D eigenvalue weighted by Gasteiger charge is -2.27. The largest absolute Gasteiger partial charge is 0.485 e. The van der Waals surface area contributed by atoms with E-state index in [4.69, 9.17) is 14.2 Å². The average molecular weight is 333 g/mol. The quantitative estimate of drug-likeness (QED) is 0.855. The molecule has 24 heavy (non-hydrogen) atoms. The Bertz CT molecular complexity index is 597. The Hall–Kier alpha value is -2.24. The van der Waals surface area contributed by atoms with Gasteiger partial charge in [-0.15, -0.1) is 0 Å². The van der Waals surface area contributed by atoms with E-state index < -0.39 is 18.2 Å². The van der Waals surface area contributed by atoms with Gasteiger partial charge in [0.2, 0.25) is 6.10 Å². The minimum Gasteiger partial charge on any atom is -0.485 e. The van der Waals surface area contributed by atoms with Crippen molar-refractivity contribution < 1.29 is 23.8 Å². The molecule has 6 nitrogen and oxygen atoms in total. The smallest absolute Gasteiger partial charge is 0.351 e. The molecule has 2 atom stereocenters. The number of rotatable bonds is 4. The van der Waals surface area contributed by atoms with Crippen LogP contribution in [0.4, 0.5) is 0 Å². The van der Waals surface area contributed by atoms with Gasteiger partial charge in [-0.1, -0.05) is 31.4 Å². The summed E-state index contributed by atoms with van der Waals surface area (Å²) in [5.74, 6) is 0.262. The van der Waals surface area contributed by atoms with Gasteiger partial charge in [-0.3, -0.25) is 4.79 Å². The fourth-order valence-electron chi connectivity index (χ4n) is 3.00. The number of para-hydroxylation sites is 2. The van der Waals surface area contributed by atoms with Crippen LogP contribution < -0.4 is 14.8 Å². The van der Waals surface area contributed by atoms with Gasteiger partial charge in [0.05, 0.1) is 0 Å². The van der Waals surface area contributed by atoms with Crippen molar-refractivity contribution in [2.45, 2.75) is 57.3 Å². The lowest BCUT2D eigenvalue weighted by Crippen LogP contribution is -2.45. The summed E-state index contributed by atoms with van der Waals surface area (Å²) in [6, 6.07) is 7.33. The van der Waals surface area contributed by atoms with Crippen LogP contribution in [0.3, 0.4) is 0 Å². The number of fused-ring (bicyclic) bond motifs is 1. The molecule has 0 aromatic heterocycles. The maximum absolute atomic E-state index is 12.2. The number of carbonyl (C=O) groups excluding carboxylic acids is 2. The van der Waals surface area contributed by atoms with E-state index in [9.17, 15) is 9.59 Å². The first-order chi connectivity index (χ1) is 11.6. The highest BCUT2D eigenvalue weighted by atomic mass is 16.6. The first-order valence-corrected chi connectivity index (χ1v) is 8.53. The molecule has 1 aromatic rings. The van der Waals surface area contributed by atoms with E-state index in [-0.39, 0.29) is 18.6 Å². The van der Waals surface area contributed by atoms with Gasteiger partial charge in [-0.25, -0.2) is 4.79 Å². The summed E-state index contributed by atoms with van der Waals surface area (Å²) in [4.78, 5) is 24.4. The molecule has 1 aliphatic heterocycles. The summed E-state index contributed by atoms with van der Waals surface area (Å²) < 4.78 is 16.3. The zero-order valence-corrected chi connectivity index (χ0v) is 13.8. The highest BCUT2D eigenvalue weighted by Crippen LogP contribution is 2.31. The number of nitrogens with one attached hydrogen (secondary N) is 1. The second-order valence-corrected chi connectivity index (χ2v) is 6.29. The third kappa shape index (κ3) is 3.99. The molecule has 1 aliphatic carbocycles. The topological polar surface area (TPSA) is 73.9 Å². The van der Waals surface area contributed by atoms with E-state index in [0.717, 1.165) is 25.7 Å². The summed E-state index contributed by atoms with van der Waals surface area (Å²) in [5, 5.41) is 2.95. The van der Waals surface area contributed by atoms with Crippen LogP contribution in [0.15, 0.2) is 24.3 Å². The lowest BCUT2D eigenvalue weighted by atomic mass is 9.95. The Balaban J connectivity index is 1.50. The molecule has 1 aromatic carbocycles. The summed E-state index contributed by atoms with van der Waals surface area (Å²) >= 11 is 0. The Morgan fingerprint density at radius 1 is 1.17 bits per heavy atom. The standard InChI is InChI=1S/C18H23NO5/c1-12(17(20)19-13-7-3-2-4-8-13)23-18(21)16-11-22-14-9-5-6-10-15(14)24-16/h5-6,9-10,12-13,16H,2-4,7-8,11H2,1H3,(H,19,20)/t12-,16-/m0/s1. The highest BCUT2D eigenvalue weighted by molar-refractivity contribution is 5.85. The van der Waals surface area contributed by atoms with Crippen LogP contribution in [-0.4, -0.2) is 36.7 Å². The van der Waals surface area contributed by atoms with Crippen molar-refractivity contribution in [1.82, 2.24) is 5.32 Å². The normalized spacial score (nSPS) is 21.6. The zero-order valence-electron chi connectivity index (χ0n) is 13.8. The summed E-state index contributed by atoms with van der Waals surface area (Å²) in [5.41, 5.74) is 0. The predicted octanol–water partition coefficient (Wildman–Crippen LogP) is 2.21. The molecule has 0 saturated heterocycles. The molecule has 3 rings (SSSR count). The molecule has 0 spiro atoms. The molecule has 0 unspecified atom stereocenters. The van der Waals surface area contributed by atoms with Crippen molar-refractivity contribution in [3.8, 4) is 11.5 Å². The van der Waals surface area contributed by atoms with Crippen LogP contribution in [0.2, 0.25) is 0 Å². The van der Waals surface area contributed by atoms with E-state index in [1.54, 1.807) is 25.1 Å². The zero-order chi connectivity index (χ0) is 16.9. The first-order valence-electron chi connectivity index (χ1n) is 8.53. The molecule has 1 amide bonds. The molecule has 0 bridgehead atoms. The number of hydrogen-bond donors (Lipinski definition) is 1. The van der Waals surface area contributed by atoms with Gasteiger partial charge in [-0.05, 0) is 31.9 Å². The molecule has 130 valence electrons. The molecule has 1 heterocycles. The summed E-state index contributed by atoms with van der Waals surface area (Å²) in [6.45, 7) is 1.65. The monoisotopic (exact) mass is 333 g/mol. The van der Waals surface area contributed by atoms with E-state index in [2.05, 4.69) is 5.32 Å². The van der Waals surface area contributed by atoms with Crippen molar-refractivity contribution in [2.75, 3.05) is 6.61 Å². The lowest BCUT2D eigenvalue weighted by molar-refractivity contribution is -0.163. The minimum absolute atomic E-state index is 0.0762. The Kier molecular flexibility index (Phi) is 5.23. The second-order valence-electron chi connectivity index (χ2n) is 6.29. The van der Waals surface area contributed by atoms with Crippen LogP contribution in [0.1, 0.15) is 39.0 Å². The van der Waals surface area contributed by atoms with Crippen LogP contribution >= 0.6 is 0 Å². The van der Waals surface area contributed by atoms with Crippen LogP contribution in [0.5, 0.6) is 11.5 Å². The van der Waals surface area contributed by atoms with Crippen LogP contribution in [0.25, 0.3) is 0 Å². The number of benzene rings is 1. The highest BCUT2D eigenvalue weighted by Gasteiger charge is 2.31. The third-order valence-electron chi connectivity index (χ3n) is 4.39. The maximum atomic E-state index is 12.2. The van der Waals surface area contributed by atoms with Gasteiger partial charge in [-0.2, -0.15) is 0 Å². The fraction of sp³-hybridized carbons (Fsp3) is 0.556. The van der Waals surface area contributed by atoms with E-state index in [0.29, 0.717) is 11.5 Å². The first kappa shape index (κ1) is 16.6. The molecule has 1 fully saturated rings. The minimum atomic E-state index is -0.857. The second kappa shape index (κ2) is 7.55. The average Bonchev–Trinajstić information content (AvgIpc) is 2.62. The van der Waals surface area contributed by atoms with Crippen molar-refractivity contribution in [2.24, 2.45) is 0 Å². The number of carbonyl (C=O) groups is 2. The van der Waals surface area contributed by atoms with Crippen LogP contribution in [-0.2, 0) is 14.3 Å². The number of hydrogen-bond acceptors (Lipinski definition) is 5. The van der Waals surface area contributed by atoms with Crippen molar-refractivity contribution in [3.05, 3.63) is 24.3 Å². The maximum Gasteiger partial charge on any atom is 0.351 e. The molecule has 6 heteroatoms. The molecule has 0 radical (unpaired) electrons. The van der Waals surface area contributed by atoms with E-state index in [1.807, 2.05) is 6.07 Å². The number of amides is 1. The summed E-state index contributed by atoms with van der Waals surface area (Å²) in [6.07, 6.45) is 3.76. The van der Waals surface area contributed by atoms with Gasteiger partial charge in [0, 0.05) is 6.04 Å². The molecular weight excluding hydrogens is 310 g/mol. The van der Waals surface area contributed by atoms with Gasteiger partial charge in [0.15, 0.2) is 17.6 Å². The Morgan fingerprint density at radius 3 is 2.62 bits per heavy atom. The van der Waals surface area contributed by atoms with Crippen molar-refractivity contribution >= 4 is 11.9 Å². The van der Waals surface area contributed by atoms with Gasteiger partial charge < -0.3 is 19.5 Å². The van der Waals surface area contributed by atoms with Crippen molar-refractivity contribution in [3.63, 3.8) is 0 Å². The van der Waals surface area contributed by atoms with Crippen molar-refractivity contribution in [1.29, 1.82) is 0 Å². The molecule has 1 N–H and O–H groups in total. The third-order valence-corrected chi connectivity index (χ3v) is 4.39. The number of ether oxygens (including phenoxy) is 3. The Labute approximate surface area is 141 Å². The van der Waals surface area contributed by atoms with E-state index in [1.165, 1.54) is 6.42 Å². The number of esters is 1. The SMILES string of the molecule is C[C@H](OC(=O)[C@@H]1COc2ccccc2O1)C(=O)NC1CCCCC1. The van der Waals surface area contributed by atoms with Gasteiger partial charge in [0.25, 0.3) is 5.91 Å². The predicted molar refractivity (Wildman–Crippen MR) is 86.9 cm³/mol. The summed E-state index contributed by atoms with van der Waals surface area (Å²) in [7, 11) is 0.